The van der Waals surface area contributed by atoms with E-state index in [1.807, 2.05) is 0 Å². The summed E-state index contributed by atoms with van der Waals surface area (Å²) in [5.41, 5.74) is 0. The average molecular weight is 565 g/mol. The molecule has 226 valence electrons. The van der Waals surface area contributed by atoms with E-state index in [0.717, 1.165) is 48.5 Å². The molecule has 0 aromatic carbocycles. The van der Waals surface area contributed by atoms with E-state index in [9.17, 15) is 9.59 Å². The van der Waals surface area contributed by atoms with Crippen molar-refractivity contribution in [2.45, 2.75) is 75.2 Å². The smallest absolute Gasteiger partial charge is 0.306 e. The van der Waals surface area contributed by atoms with Crippen LogP contribution >= 0.6 is 0 Å². The summed E-state index contributed by atoms with van der Waals surface area (Å²) in [5.74, 6) is -6.11. The summed E-state index contributed by atoms with van der Waals surface area (Å²) >= 11 is 0. The van der Waals surface area contributed by atoms with Gasteiger partial charge in [-0.2, -0.15) is 0 Å². The predicted octanol–water partition coefficient (Wildman–Crippen LogP) is 1.56. The molecular weight excluding hydrogens is 524 g/mol. The summed E-state index contributed by atoms with van der Waals surface area (Å²) in [6, 6.07) is 0. The van der Waals surface area contributed by atoms with Gasteiger partial charge in [-0.05, 0) is 13.8 Å². The molecular formula is C21H40O17. The molecule has 0 aliphatic carbocycles. The highest BCUT2D eigenvalue weighted by Crippen LogP contribution is 1.92. The quantitative estimate of drug-likeness (QED) is 0.238. The number of Topliss-reactive ketones (excluding diaryl/α,β-unsaturated/α-hetero) is 1. The van der Waals surface area contributed by atoms with Crippen molar-refractivity contribution in [3.05, 3.63) is 0 Å². The second-order valence-corrected chi connectivity index (χ2v) is 5.64. The molecule has 0 aliphatic heterocycles. The number of ketones is 1. The second-order valence-electron chi connectivity index (χ2n) is 5.64. The molecule has 0 spiro atoms. The molecule has 0 unspecified atom stereocenters. The zero-order chi connectivity index (χ0) is 33.0. The molecule has 0 atom stereocenters. The number of carbonyl (C=O) groups is 9. The molecule has 0 bridgehead atoms. The van der Waals surface area contributed by atoms with Gasteiger partial charge in [0.25, 0.3) is 41.8 Å². The number of esters is 1. The molecule has 0 rings (SSSR count). The van der Waals surface area contributed by atoms with Crippen LogP contribution in [-0.4, -0.2) is 95.9 Å². The summed E-state index contributed by atoms with van der Waals surface area (Å²) in [5, 5.41) is 51.9. The van der Waals surface area contributed by atoms with Crippen molar-refractivity contribution in [3.63, 3.8) is 0 Å². The molecule has 0 aliphatic rings. The Hall–Kier alpha value is -4.57. The summed E-state index contributed by atoms with van der Waals surface area (Å²) in [6.07, 6.45) is 0.502. The van der Waals surface area contributed by atoms with Gasteiger partial charge in [0.2, 0.25) is 0 Å². The van der Waals surface area contributed by atoms with Crippen LogP contribution in [0.1, 0.15) is 75.2 Å². The molecule has 0 saturated carbocycles. The van der Waals surface area contributed by atoms with Crippen LogP contribution in [0.2, 0.25) is 0 Å². The normalized spacial score (nSPS) is 6.97. The Labute approximate surface area is 219 Å². The molecule has 38 heavy (non-hydrogen) atoms. The van der Waals surface area contributed by atoms with E-state index in [4.69, 9.17) is 69.3 Å². The maximum atomic E-state index is 10.6. The van der Waals surface area contributed by atoms with E-state index in [2.05, 4.69) is 4.74 Å². The van der Waals surface area contributed by atoms with Gasteiger partial charge in [0.1, 0.15) is 5.78 Å². The molecule has 0 heterocycles. The zero-order valence-electron chi connectivity index (χ0n) is 22.8. The van der Waals surface area contributed by atoms with Crippen LogP contribution in [0.5, 0.6) is 0 Å². The standard InChI is InChI=1S/C7H12O3.7C2H4O2/c1-3-10-7(9)5-4-6(2)8;7*1-2(3)4/h3-5H2,1-2H3;7*1H3,(H,3,4). The largest absolute Gasteiger partial charge is 0.481 e. The average Bonchev–Trinajstić information content (AvgIpc) is 2.56. The zero-order valence-corrected chi connectivity index (χ0v) is 22.8. The van der Waals surface area contributed by atoms with E-state index in [1.165, 1.54) is 6.92 Å². The third kappa shape index (κ3) is 2470. The number of rotatable bonds is 4. The first-order valence-electron chi connectivity index (χ1n) is 9.81. The lowest BCUT2D eigenvalue weighted by Crippen LogP contribution is -2.05. The van der Waals surface area contributed by atoms with E-state index in [-0.39, 0.29) is 18.2 Å². The number of carboxylic acids is 7. The van der Waals surface area contributed by atoms with Crippen molar-refractivity contribution in [1.29, 1.82) is 0 Å². The summed E-state index contributed by atoms with van der Waals surface area (Å²) in [6.45, 7) is 11.2. The van der Waals surface area contributed by atoms with Crippen LogP contribution in [0.15, 0.2) is 0 Å². The third-order valence-electron chi connectivity index (χ3n) is 0.987. The van der Waals surface area contributed by atoms with Crippen LogP contribution < -0.4 is 0 Å². The second kappa shape index (κ2) is 45.9. The molecule has 7 N–H and O–H groups in total. The summed E-state index contributed by atoms with van der Waals surface area (Å²) in [7, 11) is 0. The SMILES string of the molecule is CC(=O)O.CC(=O)O.CC(=O)O.CC(=O)O.CC(=O)O.CC(=O)O.CC(=O)O.CCOC(=O)CCC(C)=O. The minimum absolute atomic E-state index is 0.0213. The lowest BCUT2D eigenvalue weighted by atomic mass is 10.2. The number of aliphatic carboxylic acids is 7. The van der Waals surface area contributed by atoms with Crippen LogP contribution in [-0.2, 0) is 47.9 Å². The van der Waals surface area contributed by atoms with Gasteiger partial charge >= 0.3 is 5.97 Å². The van der Waals surface area contributed by atoms with Crippen molar-refractivity contribution in [1.82, 2.24) is 0 Å². The molecule has 17 heteroatoms. The number of carbonyl (C=O) groups excluding carboxylic acids is 2. The van der Waals surface area contributed by atoms with Crippen molar-refractivity contribution < 1.29 is 83.6 Å². The van der Waals surface area contributed by atoms with Crippen molar-refractivity contribution in [2.75, 3.05) is 6.61 Å². The Balaban J connectivity index is -0.0000000470. The first-order valence-corrected chi connectivity index (χ1v) is 9.81. The Bertz CT molecular complexity index is 535. The number of hydrogen-bond acceptors (Lipinski definition) is 10. The van der Waals surface area contributed by atoms with Gasteiger partial charge in [-0.1, -0.05) is 0 Å². The Kier molecular flexibility index (Phi) is 65.6. The molecule has 0 fully saturated rings. The topological polar surface area (TPSA) is 304 Å². The van der Waals surface area contributed by atoms with Crippen LogP contribution in [0.4, 0.5) is 0 Å². The van der Waals surface area contributed by atoms with Crippen molar-refractivity contribution in [3.8, 4) is 0 Å². The fourth-order valence-corrected chi connectivity index (χ4v) is 0.511. The van der Waals surface area contributed by atoms with Crippen LogP contribution in [0.25, 0.3) is 0 Å². The minimum atomic E-state index is -0.833. The van der Waals surface area contributed by atoms with Crippen molar-refractivity contribution in [2.24, 2.45) is 0 Å². The van der Waals surface area contributed by atoms with E-state index in [1.54, 1.807) is 6.92 Å². The maximum Gasteiger partial charge on any atom is 0.306 e. The van der Waals surface area contributed by atoms with Crippen LogP contribution in [0, 0.1) is 0 Å². The predicted molar refractivity (Wildman–Crippen MR) is 130 cm³/mol. The molecule has 0 amide bonds. The van der Waals surface area contributed by atoms with E-state index < -0.39 is 41.8 Å². The highest BCUT2D eigenvalue weighted by Gasteiger charge is 2.02. The number of carboxylic acid groups (broad SMARTS) is 7. The third-order valence-corrected chi connectivity index (χ3v) is 0.987. The fourth-order valence-electron chi connectivity index (χ4n) is 0.511. The number of hydrogen-bond donors (Lipinski definition) is 7. The molecule has 0 aromatic heterocycles. The van der Waals surface area contributed by atoms with Crippen molar-refractivity contribution >= 4 is 53.5 Å². The van der Waals surface area contributed by atoms with Gasteiger partial charge in [0.05, 0.1) is 13.0 Å². The van der Waals surface area contributed by atoms with Gasteiger partial charge in [-0.3, -0.25) is 38.4 Å². The lowest BCUT2D eigenvalue weighted by molar-refractivity contribution is -0.144. The van der Waals surface area contributed by atoms with Crippen LogP contribution in [0.3, 0.4) is 0 Å². The Morgan fingerprint density at radius 3 is 0.684 bits per heavy atom. The fraction of sp³-hybridized carbons (Fsp3) is 0.571. The first kappa shape index (κ1) is 54.4. The number of ether oxygens (including phenoxy) is 1. The molecule has 0 aromatic rings. The highest BCUT2D eigenvalue weighted by molar-refractivity contribution is 5.80. The van der Waals surface area contributed by atoms with E-state index in [0.29, 0.717) is 13.0 Å². The van der Waals surface area contributed by atoms with Gasteiger partial charge in [0.15, 0.2) is 0 Å². The van der Waals surface area contributed by atoms with Gasteiger partial charge in [-0.15, -0.1) is 0 Å². The van der Waals surface area contributed by atoms with Gasteiger partial charge < -0.3 is 45.3 Å². The molecule has 0 radical (unpaired) electrons. The van der Waals surface area contributed by atoms with E-state index >= 15 is 0 Å². The van der Waals surface area contributed by atoms with Gasteiger partial charge in [0, 0.05) is 54.9 Å². The summed E-state index contributed by atoms with van der Waals surface area (Å²) < 4.78 is 4.60. The maximum absolute atomic E-state index is 10.6. The first-order chi connectivity index (χ1) is 16.8. The van der Waals surface area contributed by atoms with Gasteiger partial charge in [-0.25, -0.2) is 0 Å². The lowest BCUT2D eigenvalue weighted by Gasteiger charge is -1.97. The minimum Gasteiger partial charge on any atom is -0.481 e. The monoisotopic (exact) mass is 564 g/mol. The highest BCUT2D eigenvalue weighted by atomic mass is 16.5. The Morgan fingerprint density at radius 1 is 0.421 bits per heavy atom. The molecule has 17 nitrogen and oxygen atoms in total. The molecule has 0 saturated heterocycles. The summed E-state index contributed by atoms with van der Waals surface area (Å²) in [4.78, 5) is 83.9. The Morgan fingerprint density at radius 2 is 0.579 bits per heavy atom.